The van der Waals surface area contributed by atoms with E-state index in [1.54, 1.807) is 24.5 Å². The van der Waals surface area contributed by atoms with Gasteiger partial charge in [-0.05, 0) is 52.8 Å². The smallest absolute Gasteiger partial charge is 0.322 e. The Labute approximate surface area is 323 Å². The Kier molecular flexibility index (Phi) is 15.9. The fourth-order valence-corrected chi connectivity index (χ4v) is 5.80. The fraction of sp³-hybridized carbons (Fsp3) is 0.395. The van der Waals surface area contributed by atoms with E-state index in [4.69, 9.17) is 9.84 Å². The molecule has 0 fully saturated rings. The molecule has 0 aliphatic carbocycles. The molecule has 4 rings (SSSR count). The van der Waals surface area contributed by atoms with Crippen LogP contribution in [0.3, 0.4) is 0 Å². The number of aliphatic carboxylic acids is 1. The van der Waals surface area contributed by atoms with Gasteiger partial charge >= 0.3 is 5.97 Å². The number of hydrogen-bond acceptors (Lipinski definition) is 8. The molecule has 0 radical (unpaired) electrons. The second-order valence-electron chi connectivity index (χ2n) is 14.6. The average Bonchev–Trinajstić information content (AvgIpc) is 3.18. The van der Waals surface area contributed by atoms with Crippen molar-refractivity contribution < 1.29 is 34.1 Å². The van der Waals surface area contributed by atoms with Crippen molar-refractivity contribution in [3.8, 4) is 28.3 Å². The molecular weight excluding hydrogens is 699 g/mol. The summed E-state index contributed by atoms with van der Waals surface area (Å²) in [4.78, 5) is 59.2. The van der Waals surface area contributed by atoms with Gasteiger partial charge in [-0.3, -0.25) is 19.2 Å². The summed E-state index contributed by atoms with van der Waals surface area (Å²) in [5.41, 5.74) is 4.63. The first-order valence-electron chi connectivity index (χ1n) is 18.8. The van der Waals surface area contributed by atoms with E-state index >= 15 is 0 Å². The quantitative estimate of drug-likeness (QED) is 0.0691. The predicted octanol–water partition coefficient (Wildman–Crippen LogP) is 5.87. The van der Waals surface area contributed by atoms with E-state index < -0.39 is 48.9 Å². The van der Waals surface area contributed by atoms with Crippen LogP contribution in [-0.4, -0.2) is 75.7 Å². The fourth-order valence-electron chi connectivity index (χ4n) is 5.80. The minimum absolute atomic E-state index is 0.0969. The minimum atomic E-state index is -1.22. The monoisotopic (exact) mass is 751 g/mol. The number of amides is 3. The van der Waals surface area contributed by atoms with Crippen LogP contribution in [0.25, 0.3) is 22.5 Å². The van der Waals surface area contributed by atoms with Crippen LogP contribution in [0.1, 0.15) is 87.7 Å². The van der Waals surface area contributed by atoms with Gasteiger partial charge in [-0.25, -0.2) is 9.97 Å². The number of aliphatic hydroxyl groups is 1. The van der Waals surface area contributed by atoms with E-state index in [1.165, 1.54) is 25.7 Å². The van der Waals surface area contributed by atoms with E-state index in [0.29, 0.717) is 18.0 Å². The van der Waals surface area contributed by atoms with Crippen molar-refractivity contribution in [1.29, 1.82) is 0 Å². The molecule has 0 aliphatic rings. The molecule has 2 atom stereocenters. The number of hydrogen-bond donors (Lipinski definition) is 5. The Bertz CT molecular complexity index is 1840. The largest absolute Gasteiger partial charge is 0.494 e. The highest BCUT2D eigenvalue weighted by Gasteiger charge is 2.26. The summed E-state index contributed by atoms with van der Waals surface area (Å²) in [6.45, 7) is 7.95. The Balaban J connectivity index is 1.43. The van der Waals surface area contributed by atoms with Gasteiger partial charge in [0, 0.05) is 41.9 Å². The Morgan fingerprint density at radius 3 is 2.02 bits per heavy atom. The number of aromatic nitrogens is 2. The number of carboxylic acid groups (broad SMARTS) is 1. The van der Waals surface area contributed by atoms with Crippen molar-refractivity contribution in [1.82, 2.24) is 25.9 Å². The van der Waals surface area contributed by atoms with Crippen LogP contribution in [0.2, 0.25) is 0 Å². The highest BCUT2D eigenvalue weighted by atomic mass is 16.5. The standard InChI is InChI=1S/C43H53N5O7/c1-5-6-7-8-9-22-55-36-20-16-30(17-21-36)33-25-45-40(46-26-33)31-12-10-29(11-13-31)23-37(42(54)47-35(28-49)24-38(50)44-27-39(51)52)48-41(53)32-14-18-34(19-15-32)43(2,3)4/h10-21,25-26,35,37,49H,5-9,22-24,27-28H2,1-4H3,(H,44,50)(H,47,54)(H,48,53)(H,51,52). The molecule has 0 saturated carbocycles. The van der Waals surface area contributed by atoms with E-state index in [-0.39, 0.29) is 18.3 Å². The molecule has 0 aliphatic heterocycles. The van der Waals surface area contributed by atoms with Crippen LogP contribution in [0.5, 0.6) is 5.75 Å². The van der Waals surface area contributed by atoms with Crippen LogP contribution in [-0.2, 0) is 26.2 Å². The molecule has 55 heavy (non-hydrogen) atoms. The predicted molar refractivity (Wildman–Crippen MR) is 212 cm³/mol. The van der Waals surface area contributed by atoms with Crippen molar-refractivity contribution in [2.75, 3.05) is 19.8 Å². The van der Waals surface area contributed by atoms with Gasteiger partial charge in [0.1, 0.15) is 18.3 Å². The lowest BCUT2D eigenvalue weighted by molar-refractivity contribution is -0.138. The number of rotatable bonds is 20. The maximum Gasteiger partial charge on any atom is 0.322 e. The number of aliphatic hydroxyl groups excluding tert-OH is 1. The first-order chi connectivity index (χ1) is 26.4. The van der Waals surface area contributed by atoms with Crippen LogP contribution in [0.4, 0.5) is 0 Å². The number of nitrogens with zero attached hydrogens (tertiary/aromatic N) is 2. The number of ether oxygens (including phenoxy) is 1. The number of carbonyl (C=O) groups excluding carboxylic acids is 3. The van der Waals surface area contributed by atoms with Gasteiger partial charge in [-0.1, -0.05) is 102 Å². The van der Waals surface area contributed by atoms with Crippen molar-refractivity contribution in [2.24, 2.45) is 0 Å². The van der Waals surface area contributed by atoms with Gasteiger partial charge in [0.15, 0.2) is 5.82 Å². The zero-order chi connectivity index (χ0) is 39.8. The Morgan fingerprint density at radius 1 is 0.782 bits per heavy atom. The van der Waals surface area contributed by atoms with Crippen molar-refractivity contribution >= 4 is 23.7 Å². The zero-order valence-corrected chi connectivity index (χ0v) is 32.1. The van der Waals surface area contributed by atoms with E-state index in [0.717, 1.165) is 40.0 Å². The number of unbranched alkanes of at least 4 members (excludes halogenated alkanes) is 4. The highest BCUT2D eigenvalue weighted by molar-refractivity contribution is 5.97. The lowest BCUT2D eigenvalue weighted by atomic mass is 9.86. The number of carboxylic acids is 1. The molecule has 12 heteroatoms. The summed E-state index contributed by atoms with van der Waals surface area (Å²) >= 11 is 0. The van der Waals surface area contributed by atoms with Gasteiger partial charge in [0.25, 0.3) is 5.91 Å². The van der Waals surface area contributed by atoms with Crippen molar-refractivity contribution in [3.05, 3.63) is 102 Å². The van der Waals surface area contributed by atoms with Crippen LogP contribution in [0, 0.1) is 0 Å². The molecule has 1 heterocycles. The average molecular weight is 752 g/mol. The normalized spacial score (nSPS) is 12.3. The summed E-state index contributed by atoms with van der Waals surface area (Å²) in [7, 11) is 0. The van der Waals surface area contributed by atoms with Gasteiger partial charge in [0.05, 0.1) is 19.3 Å². The van der Waals surface area contributed by atoms with E-state index in [2.05, 4.69) is 53.6 Å². The topological polar surface area (TPSA) is 180 Å². The van der Waals surface area contributed by atoms with Crippen molar-refractivity contribution in [3.63, 3.8) is 0 Å². The third-order valence-electron chi connectivity index (χ3n) is 9.08. The first kappa shape index (κ1) is 42.1. The summed E-state index contributed by atoms with van der Waals surface area (Å²) in [5, 5.41) is 26.4. The van der Waals surface area contributed by atoms with Gasteiger partial charge < -0.3 is 30.9 Å². The van der Waals surface area contributed by atoms with Gasteiger partial charge in [-0.2, -0.15) is 0 Å². The molecule has 0 bridgehead atoms. The summed E-state index contributed by atoms with van der Waals surface area (Å²) in [6, 6.07) is 20.3. The molecule has 1 aromatic heterocycles. The van der Waals surface area contributed by atoms with Crippen LogP contribution in [0.15, 0.2) is 85.2 Å². The van der Waals surface area contributed by atoms with Crippen LogP contribution < -0.4 is 20.7 Å². The van der Waals surface area contributed by atoms with Crippen molar-refractivity contribution in [2.45, 2.75) is 90.1 Å². The van der Waals surface area contributed by atoms with E-state index in [1.807, 2.05) is 60.7 Å². The van der Waals surface area contributed by atoms with E-state index in [9.17, 15) is 24.3 Å². The van der Waals surface area contributed by atoms with Crippen LogP contribution >= 0.6 is 0 Å². The third-order valence-corrected chi connectivity index (χ3v) is 9.08. The molecule has 3 aromatic carbocycles. The van der Waals surface area contributed by atoms with Gasteiger partial charge in [-0.15, -0.1) is 0 Å². The molecule has 5 N–H and O–H groups in total. The third kappa shape index (κ3) is 13.6. The molecule has 12 nitrogen and oxygen atoms in total. The number of nitrogens with one attached hydrogen (secondary N) is 3. The Morgan fingerprint density at radius 2 is 1.42 bits per heavy atom. The Hall–Kier alpha value is -5.62. The first-order valence-corrected chi connectivity index (χ1v) is 18.8. The summed E-state index contributed by atoms with van der Waals surface area (Å²) in [6.07, 6.45) is 9.22. The molecule has 0 spiro atoms. The second kappa shape index (κ2) is 20.7. The summed E-state index contributed by atoms with van der Waals surface area (Å²) in [5.74, 6) is -1.61. The second-order valence-corrected chi connectivity index (χ2v) is 14.6. The molecule has 2 unspecified atom stereocenters. The molecule has 4 aromatic rings. The maximum atomic E-state index is 13.6. The lowest BCUT2D eigenvalue weighted by Crippen LogP contribution is -2.52. The highest BCUT2D eigenvalue weighted by Crippen LogP contribution is 2.25. The molecule has 3 amide bonds. The maximum absolute atomic E-state index is 13.6. The number of carbonyl (C=O) groups is 4. The zero-order valence-electron chi connectivity index (χ0n) is 32.1. The molecule has 0 saturated heterocycles. The summed E-state index contributed by atoms with van der Waals surface area (Å²) < 4.78 is 5.89. The number of benzene rings is 3. The minimum Gasteiger partial charge on any atom is -0.494 e. The SMILES string of the molecule is CCCCCCCOc1ccc(-c2cnc(-c3ccc(CC(NC(=O)c4ccc(C(C)(C)C)cc4)C(=O)NC(CO)CC(=O)NCC(=O)O)cc3)nc2)cc1. The lowest BCUT2D eigenvalue weighted by Gasteiger charge is -2.23. The molecule has 292 valence electrons. The molecular formula is C43H53N5O7. The van der Waals surface area contributed by atoms with Gasteiger partial charge in [0.2, 0.25) is 11.8 Å².